The summed E-state index contributed by atoms with van der Waals surface area (Å²) in [5.41, 5.74) is 0.163. The van der Waals surface area contributed by atoms with E-state index in [1.165, 1.54) is 103 Å². The van der Waals surface area contributed by atoms with Gasteiger partial charge in [0.05, 0.1) is 13.2 Å². The van der Waals surface area contributed by atoms with Crippen LogP contribution >= 0.6 is 0 Å². The lowest BCUT2D eigenvalue weighted by molar-refractivity contribution is -0.0368. The lowest BCUT2D eigenvalue weighted by Crippen LogP contribution is -2.35. The number of hydrogen-bond donors (Lipinski definition) is 0. The predicted molar refractivity (Wildman–Crippen MR) is 146 cm³/mol. The zero-order valence-corrected chi connectivity index (χ0v) is 23.8. The van der Waals surface area contributed by atoms with Gasteiger partial charge in [-0.2, -0.15) is 0 Å². The van der Waals surface area contributed by atoms with Crippen LogP contribution in [0.1, 0.15) is 117 Å². The quantitative estimate of drug-likeness (QED) is 0.123. The summed E-state index contributed by atoms with van der Waals surface area (Å²) in [6.45, 7) is 10.4. The molecule has 0 aromatic rings. The Bertz CT molecular complexity index is 352. The molecule has 0 atom stereocenters. The summed E-state index contributed by atoms with van der Waals surface area (Å²) in [5, 5.41) is 0. The minimum absolute atomic E-state index is 0.163. The summed E-state index contributed by atoms with van der Waals surface area (Å²) >= 11 is 0. The number of nitrogens with zero attached hydrogens (tertiary/aromatic N) is 2. The Hall–Kier alpha value is -0.160. The average molecular weight is 471 g/mol. The number of ether oxygens (including phenoxy) is 2. The molecule has 0 aliphatic rings. The number of rotatable bonds is 26. The van der Waals surface area contributed by atoms with Crippen molar-refractivity contribution in [3.63, 3.8) is 0 Å². The van der Waals surface area contributed by atoms with Crippen LogP contribution in [0.3, 0.4) is 0 Å². The highest BCUT2D eigenvalue weighted by molar-refractivity contribution is 4.80. The topological polar surface area (TPSA) is 24.9 Å². The van der Waals surface area contributed by atoms with Crippen molar-refractivity contribution in [3.05, 3.63) is 0 Å². The molecule has 0 fully saturated rings. The van der Waals surface area contributed by atoms with E-state index in [1.807, 2.05) is 0 Å². The van der Waals surface area contributed by atoms with Crippen molar-refractivity contribution in [1.29, 1.82) is 0 Å². The third-order valence-electron chi connectivity index (χ3n) is 6.73. The molecule has 0 bridgehead atoms. The number of unbranched alkanes of at least 4 members (excludes halogenated alkanes) is 10. The van der Waals surface area contributed by atoms with Gasteiger partial charge in [0.2, 0.25) is 0 Å². The predicted octanol–water partition coefficient (Wildman–Crippen LogP) is 7.41. The van der Waals surface area contributed by atoms with Crippen molar-refractivity contribution >= 4 is 0 Å². The maximum Gasteiger partial charge on any atom is 0.0544 e. The van der Waals surface area contributed by atoms with E-state index >= 15 is 0 Å². The van der Waals surface area contributed by atoms with Gasteiger partial charge in [-0.05, 0) is 79.8 Å². The summed E-state index contributed by atoms with van der Waals surface area (Å²) in [6, 6.07) is 0. The van der Waals surface area contributed by atoms with Crippen LogP contribution < -0.4 is 0 Å². The van der Waals surface area contributed by atoms with Crippen LogP contribution in [0, 0.1) is 5.41 Å². The lowest BCUT2D eigenvalue weighted by Gasteiger charge is -2.34. The highest BCUT2D eigenvalue weighted by Crippen LogP contribution is 2.32. The van der Waals surface area contributed by atoms with E-state index in [9.17, 15) is 0 Å². The van der Waals surface area contributed by atoms with Gasteiger partial charge in [0, 0.05) is 18.6 Å². The normalized spacial score (nSPS) is 12.4. The molecule has 0 radical (unpaired) electrons. The Balaban J connectivity index is 4.65. The molecule has 0 saturated heterocycles. The second-order valence-corrected chi connectivity index (χ2v) is 11.0. The van der Waals surface area contributed by atoms with Crippen LogP contribution in [0.2, 0.25) is 0 Å². The summed E-state index contributed by atoms with van der Waals surface area (Å²) in [4.78, 5) is 4.61. The standard InChI is InChI=1S/C29H62N2O2/c1-7-9-11-13-15-17-25-32-27-29(21-19-23-30(3)4,22-20-24-31(5)6)28-33-26-18-16-14-12-10-8-2/h7-28H2,1-6H3. The fraction of sp³-hybridized carbons (Fsp3) is 1.00. The SMILES string of the molecule is CCCCCCCCOCC(CCCN(C)C)(CCCN(C)C)COCCCCCCCC. The Labute approximate surface area is 209 Å². The van der Waals surface area contributed by atoms with E-state index in [0.29, 0.717) is 0 Å². The molecule has 0 aromatic heterocycles. The molecule has 0 aliphatic heterocycles. The van der Waals surface area contributed by atoms with E-state index in [0.717, 1.165) is 39.5 Å². The molecular formula is C29H62N2O2. The molecule has 0 heterocycles. The first-order valence-corrected chi connectivity index (χ1v) is 14.4. The summed E-state index contributed by atoms with van der Waals surface area (Å²) < 4.78 is 12.7. The van der Waals surface area contributed by atoms with E-state index in [4.69, 9.17) is 9.47 Å². The molecule has 0 N–H and O–H groups in total. The van der Waals surface area contributed by atoms with Crippen LogP contribution in [0.15, 0.2) is 0 Å². The van der Waals surface area contributed by atoms with Gasteiger partial charge < -0.3 is 19.3 Å². The highest BCUT2D eigenvalue weighted by atomic mass is 16.5. The highest BCUT2D eigenvalue weighted by Gasteiger charge is 2.30. The molecule has 0 saturated carbocycles. The zero-order chi connectivity index (χ0) is 24.6. The van der Waals surface area contributed by atoms with E-state index in [1.54, 1.807) is 0 Å². The molecule has 0 amide bonds. The first-order valence-electron chi connectivity index (χ1n) is 14.4. The molecule has 0 spiro atoms. The average Bonchev–Trinajstić information content (AvgIpc) is 2.77. The van der Waals surface area contributed by atoms with E-state index in [2.05, 4.69) is 51.8 Å². The second kappa shape index (κ2) is 23.6. The molecule has 0 rings (SSSR count). The van der Waals surface area contributed by atoms with Gasteiger partial charge in [0.1, 0.15) is 0 Å². The molecule has 200 valence electrons. The van der Waals surface area contributed by atoms with Crippen LogP contribution in [0.4, 0.5) is 0 Å². The third-order valence-corrected chi connectivity index (χ3v) is 6.73. The van der Waals surface area contributed by atoms with Gasteiger partial charge in [0.25, 0.3) is 0 Å². The van der Waals surface area contributed by atoms with Crippen molar-refractivity contribution in [2.24, 2.45) is 5.41 Å². The van der Waals surface area contributed by atoms with E-state index in [-0.39, 0.29) is 5.41 Å². The maximum absolute atomic E-state index is 6.34. The molecule has 0 aromatic carbocycles. The maximum atomic E-state index is 6.34. The van der Waals surface area contributed by atoms with Crippen molar-refractivity contribution < 1.29 is 9.47 Å². The second-order valence-electron chi connectivity index (χ2n) is 11.0. The van der Waals surface area contributed by atoms with Crippen molar-refractivity contribution in [2.75, 3.05) is 67.7 Å². The van der Waals surface area contributed by atoms with Crippen LogP contribution in [0.5, 0.6) is 0 Å². The molecule has 33 heavy (non-hydrogen) atoms. The van der Waals surface area contributed by atoms with Crippen molar-refractivity contribution in [1.82, 2.24) is 9.80 Å². The van der Waals surface area contributed by atoms with Gasteiger partial charge in [-0.1, -0.05) is 78.1 Å². The number of hydrogen-bond acceptors (Lipinski definition) is 4. The minimum Gasteiger partial charge on any atom is -0.381 e. The molecule has 4 nitrogen and oxygen atoms in total. The lowest BCUT2D eigenvalue weighted by atomic mass is 9.80. The van der Waals surface area contributed by atoms with Crippen molar-refractivity contribution in [3.8, 4) is 0 Å². The van der Waals surface area contributed by atoms with Gasteiger partial charge in [-0.15, -0.1) is 0 Å². The Morgan fingerprint density at radius 1 is 0.485 bits per heavy atom. The Morgan fingerprint density at radius 3 is 1.21 bits per heavy atom. The first kappa shape index (κ1) is 32.8. The minimum atomic E-state index is 0.163. The first-order chi connectivity index (χ1) is 16.0. The van der Waals surface area contributed by atoms with Gasteiger partial charge in [-0.3, -0.25) is 0 Å². The fourth-order valence-corrected chi connectivity index (χ4v) is 4.54. The van der Waals surface area contributed by atoms with Crippen LogP contribution in [-0.4, -0.2) is 77.5 Å². The third kappa shape index (κ3) is 22.1. The van der Waals surface area contributed by atoms with Crippen LogP contribution in [0.25, 0.3) is 0 Å². The van der Waals surface area contributed by atoms with Crippen molar-refractivity contribution in [2.45, 2.75) is 117 Å². The van der Waals surface area contributed by atoms with Crippen LogP contribution in [-0.2, 0) is 9.47 Å². The zero-order valence-electron chi connectivity index (χ0n) is 23.8. The summed E-state index contributed by atoms with van der Waals surface area (Å²) in [6.07, 6.45) is 20.7. The van der Waals surface area contributed by atoms with Gasteiger partial charge in [-0.25, -0.2) is 0 Å². The molecule has 4 heteroatoms. The summed E-state index contributed by atoms with van der Waals surface area (Å²) in [7, 11) is 8.71. The largest absolute Gasteiger partial charge is 0.381 e. The Morgan fingerprint density at radius 2 is 0.848 bits per heavy atom. The summed E-state index contributed by atoms with van der Waals surface area (Å²) in [5.74, 6) is 0. The smallest absolute Gasteiger partial charge is 0.0544 e. The fourth-order valence-electron chi connectivity index (χ4n) is 4.54. The Kier molecular flexibility index (Phi) is 23.5. The monoisotopic (exact) mass is 470 g/mol. The van der Waals surface area contributed by atoms with E-state index < -0.39 is 0 Å². The van der Waals surface area contributed by atoms with Gasteiger partial charge >= 0.3 is 0 Å². The molecular weight excluding hydrogens is 408 g/mol. The van der Waals surface area contributed by atoms with Gasteiger partial charge in [0.15, 0.2) is 0 Å². The molecule has 0 unspecified atom stereocenters. The molecule has 0 aliphatic carbocycles.